The summed E-state index contributed by atoms with van der Waals surface area (Å²) in [4.78, 5) is 129. The van der Waals surface area contributed by atoms with Gasteiger partial charge in [0.2, 0.25) is 24.4 Å². The van der Waals surface area contributed by atoms with Crippen molar-refractivity contribution < 1.29 is 119 Å². The lowest BCUT2D eigenvalue weighted by molar-refractivity contribution is -0.326. The zero-order valence-corrected chi connectivity index (χ0v) is 54.0. The summed E-state index contributed by atoms with van der Waals surface area (Å²) in [7, 11) is 0. The molecule has 5 aliphatic carbocycles. The average molecular weight is 1260 g/mol. The van der Waals surface area contributed by atoms with Crippen LogP contribution < -0.4 is 0 Å². The molecule has 0 radical (unpaired) electrons. The highest BCUT2D eigenvalue weighted by Gasteiger charge is 2.70. The maximum absolute atomic E-state index is 15.5. The molecule has 0 aromatic heterocycles. The fourth-order valence-electron chi connectivity index (χ4n) is 17.0. The van der Waals surface area contributed by atoms with Gasteiger partial charge in [-0.1, -0.05) is 60.1 Å². The molecule has 1 N–H and O–H groups in total. The van der Waals surface area contributed by atoms with Crippen molar-refractivity contribution in [3.63, 3.8) is 0 Å². The number of ether oxygens (including phenoxy) is 14. The van der Waals surface area contributed by atoms with Crippen molar-refractivity contribution in [3.8, 4) is 0 Å². The van der Waals surface area contributed by atoms with Crippen LogP contribution >= 0.6 is 0 Å². The van der Waals surface area contributed by atoms with Crippen molar-refractivity contribution in [3.05, 3.63) is 23.5 Å². The fourth-order valence-corrected chi connectivity index (χ4v) is 17.0. The molecule has 4 saturated carbocycles. The monoisotopic (exact) mass is 1260 g/mol. The van der Waals surface area contributed by atoms with Crippen molar-refractivity contribution in [2.45, 2.75) is 261 Å². The molecule has 496 valence electrons. The number of carboxylic acids is 1. The largest absolute Gasteiger partial charge is 0.475 e. The molecule has 0 amide bonds. The Balaban J connectivity index is 1.07. The lowest BCUT2D eigenvalue weighted by atomic mass is 9.33. The molecule has 0 aromatic rings. The summed E-state index contributed by atoms with van der Waals surface area (Å²) >= 11 is 0. The Hall–Kier alpha value is -6.18. The molecule has 0 bridgehead atoms. The van der Waals surface area contributed by atoms with Crippen molar-refractivity contribution in [1.82, 2.24) is 0 Å². The second kappa shape index (κ2) is 25.8. The Morgan fingerprint density at radius 3 is 1.64 bits per heavy atom. The highest BCUT2D eigenvalue weighted by molar-refractivity contribution is 5.84. The van der Waals surface area contributed by atoms with E-state index < -0.39 is 174 Å². The summed E-state index contributed by atoms with van der Waals surface area (Å²) in [6, 6.07) is 0. The fraction of sp³-hybridized carbons (Fsp3) is 0.781. The lowest BCUT2D eigenvalue weighted by Crippen LogP contribution is -2.66. The highest BCUT2D eigenvalue weighted by Crippen LogP contribution is 2.76. The summed E-state index contributed by atoms with van der Waals surface area (Å²) in [6.07, 6.45) is -9.88. The molecule has 89 heavy (non-hydrogen) atoms. The Morgan fingerprint density at radius 1 is 0.539 bits per heavy atom. The first-order chi connectivity index (χ1) is 41.4. The summed E-state index contributed by atoms with van der Waals surface area (Å²) in [5, 5.41) is 10.5. The van der Waals surface area contributed by atoms with Crippen LogP contribution in [0.4, 0.5) is 0 Å². The van der Waals surface area contributed by atoms with Crippen molar-refractivity contribution in [1.29, 1.82) is 0 Å². The van der Waals surface area contributed by atoms with Crippen LogP contribution in [0, 0.1) is 50.2 Å². The Kier molecular flexibility index (Phi) is 20.0. The third-order valence-electron chi connectivity index (χ3n) is 21.0. The molecular weight excluding hydrogens is 1170 g/mol. The van der Waals surface area contributed by atoms with E-state index in [1.54, 1.807) is 0 Å². The minimum atomic E-state index is -1.68. The number of carbonyl (C=O) groups excluding carboxylic acids is 9. The predicted octanol–water partition coefficient (Wildman–Crippen LogP) is 6.98. The van der Waals surface area contributed by atoms with Crippen LogP contribution in [0.15, 0.2) is 23.5 Å². The molecule has 25 nitrogen and oxygen atoms in total. The van der Waals surface area contributed by atoms with Gasteiger partial charge in [0.1, 0.15) is 18.8 Å². The number of allylic oxidation sites excluding steroid dienone is 2. The zero-order valence-electron chi connectivity index (χ0n) is 54.0. The van der Waals surface area contributed by atoms with E-state index in [0.717, 1.165) is 67.4 Å². The van der Waals surface area contributed by atoms with Crippen LogP contribution in [-0.2, 0) is 114 Å². The number of hydrogen-bond donors (Lipinski definition) is 1. The Morgan fingerprint density at radius 2 is 1.07 bits per heavy atom. The van der Waals surface area contributed by atoms with Crippen LogP contribution in [0.1, 0.15) is 175 Å². The van der Waals surface area contributed by atoms with Gasteiger partial charge in [0, 0.05) is 55.4 Å². The lowest BCUT2D eigenvalue weighted by Gasteiger charge is -2.71. The van der Waals surface area contributed by atoms with Crippen molar-refractivity contribution in [2.24, 2.45) is 50.2 Å². The number of rotatable bonds is 16. The topological polar surface area (TPSA) is 320 Å². The number of carboxylic acid groups (broad SMARTS) is 1. The smallest absolute Gasteiger partial charge is 0.371 e. The van der Waals surface area contributed by atoms with Crippen molar-refractivity contribution >= 4 is 59.7 Å². The SMILES string of the molecule is CC(=O)OCC1OC(OC(=O)C23CCC(C)(C)CC2C2=CCC4C5(C)CCC(OC6OC(C(=O)O)=CC(OC7OC(C)C(OC(C)=O)C(OC(C)=O)C7OC(C)=O)C6OC(C)=O)C(C)(C)C5CCC4(C)C2(C)CC3)C(OC(C)=O)C(OC(C)=O)C1OC(C)=O. The van der Waals surface area contributed by atoms with Gasteiger partial charge in [0.15, 0.2) is 42.9 Å². The number of carbonyl (C=O) groups is 10. The first-order valence-electron chi connectivity index (χ1n) is 30.9. The molecular formula is C64H90O25. The molecule has 8 aliphatic rings. The predicted molar refractivity (Wildman–Crippen MR) is 304 cm³/mol. The Labute approximate surface area is 518 Å². The van der Waals surface area contributed by atoms with E-state index in [-0.39, 0.29) is 34.0 Å². The molecule has 8 rings (SSSR count). The maximum Gasteiger partial charge on any atom is 0.371 e. The van der Waals surface area contributed by atoms with Gasteiger partial charge in [0.05, 0.1) is 17.6 Å². The van der Waals surface area contributed by atoms with Crippen molar-refractivity contribution in [2.75, 3.05) is 6.61 Å². The average Bonchev–Trinajstić information content (AvgIpc) is 0.678. The number of aliphatic carboxylic acids is 1. The van der Waals surface area contributed by atoms with Gasteiger partial charge in [-0.2, -0.15) is 0 Å². The van der Waals surface area contributed by atoms with Crippen LogP contribution in [0.5, 0.6) is 0 Å². The molecule has 21 unspecified atom stereocenters. The van der Waals surface area contributed by atoms with E-state index in [1.807, 2.05) is 0 Å². The minimum Gasteiger partial charge on any atom is -0.475 e. The highest BCUT2D eigenvalue weighted by atomic mass is 16.8. The normalized spacial score (nSPS) is 40.0. The van der Waals surface area contributed by atoms with Gasteiger partial charge in [-0.15, -0.1) is 0 Å². The van der Waals surface area contributed by atoms with E-state index in [0.29, 0.717) is 51.4 Å². The molecule has 3 aliphatic heterocycles. The van der Waals surface area contributed by atoms with Gasteiger partial charge >= 0.3 is 59.7 Å². The third kappa shape index (κ3) is 13.6. The minimum absolute atomic E-state index is 0.0283. The number of hydrogen-bond acceptors (Lipinski definition) is 24. The maximum atomic E-state index is 15.5. The van der Waals surface area contributed by atoms with E-state index in [1.165, 1.54) is 19.4 Å². The van der Waals surface area contributed by atoms with E-state index in [2.05, 4.69) is 54.5 Å². The summed E-state index contributed by atoms with van der Waals surface area (Å²) < 4.78 is 83.2. The molecule has 0 aromatic carbocycles. The van der Waals surface area contributed by atoms with E-state index in [9.17, 15) is 48.3 Å². The molecule has 3 heterocycles. The van der Waals surface area contributed by atoms with Crippen LogP contribution in [-0.4, -0.2) is 157 Å². The van der Waals surface area contributed by atoms with Gasteiger partial charge in [-0.25, -0.2) is 4.79 Å². The Bertz CT molecular complexity index is 2860. The van der Waals surface area contributed by atoms with Gasteiger partial charge in [-0.05, 0) is 122 Å². The van der Waals surface area contributed by atoms with E-state index >= 15 is 4.79 Å². The zero-order chi connectivity index (χ0) is 65.8. The van der Waals surface area contributed by atoms with E-state index in [4.69, 9.17) is 66.3 Å². The van der Waals surface area contributed by atoms with Crippen LogP contribution in [0.3, 0.4) is 0 Å². The van der Waals surface area contributed by atoms with Gasteiger partial charge in [0.25, 0.3) is 0 Å². The molecule has 0 spiro atoms. The molecule has 6 fully saturated rings. The first-order valence-corrected chi connectivity index (χ1v) is 30.9. The second-order valence-corrected chi connectivity index (χ2v) is 27.8. The molecule has 25 heteroatoms. The molecule has 21 atom stereocenters. The summed E-state index contributed by atoms with van der Waals surface area (Å²) in [5.41, 5.74) is -1.68. The third-order valence-corrected chi connectivity index (χ3v) is 21.0. The summed E-state index contributed by atoms with van der Waals surface area (Å²) in [6.45, 7) is 25.8. The van der Waals surface area contributed by atoms with Gasteiger partial charge < -0.3 is 71.4 Å². The quantitative estimate of drug-likeness (QED) is 0.0925. The second-order valence-electron chi connectivity index (χ2n) is 27.8. The van der Waals surface area contributed by atoms with Gasteiger partial charge in [-0.3, -0.25) is 43.2 Å². The number of esters is 9. The summed E-state index contributed by atoms with van der Waals surface area (Å²) in [5.74, 6) is -9.11. The van der Waals surface area contributed by atoms with Crippen LogP contribution in [0.2, 0.25) is 0 Å². The standard InChI is InChI=1S/C64H90O25/c1-30-47(78-32(3)66)50(81-35(6)69)52(83-37(8)71)56(77-30)85-41-27-42(54(73)74)86-55(49(41)80-34(5)68)88-46-20-21-61(14)44(60(46,12)13)19-22-63(16)45(61)18-17-39-40-28-59(10,11)23-25-64(40,26-24-62(39,63)15)58(75)89-57-53(84-38(9)72)51(82-36(7)70)48(79-33(4)67)43(87-57)29-76-31(2)65/h17,27,30,40-41,43-53,55-57H,18-26,28-29H2,1-16H3,(H,73,74). The molecule has 2 saturated heterocycles. The van der Waals surface area contributed by atoms with Crippen LogP contribution in [0.25, 0.3) is 0 Å². The number of fused-ring (bicyclic) bond motifs is 7. The first kappa shape index (κ1) is 68.7.